The fourth-order valence-electron chi connectivity index (χ4n) is 3.96. The molecule has 0 saturated carbocycles. The molecule has 4 rings (SSSR count). The third kappa shape index (κ3) is 5.92. The van der Waals surface area contributed by atoms with Crippen molar-refractivity contribution in [1.29, 1.82) is 0 Å². The van der Waals surface area contributed by atoms with E-state index in [1.807, 2.05) is 20.8 Å². The van der Waals surface area contributed by atoms with Crippen LogP contribution in [0.15, 0.2) is 47.6 Å². The van der Waals surface area contributed by atoms with Crippen LogP contribution < -0.4 is 13.8 Å². The molecule has 0 aliphatic heterocycles. The smallest absolute Gasteiger partial charge is 0.264 e. The van der Waals surface area contributed by atoms with Crippen molar-refractivity contribution in [1.82, 2.24) is 19.2 Å². The Morgan fingerprint density at radius 2 is 1.79 bits per heavy atom. The number of benzene rings is 2. The summed E-state index contributed by atoms with van der Waals surface area (Å²) in [7, 11) is -1.42. The summed E-state index contributed by atoms with van der Waals surface area (Å²) in [6.45, 7) is 5.47. The number of aromatic nitrogens is 3. The first-order chi connectivity index (χ1) is 18.6. The van der Waals surface area contributed by atoms with E-state index in [1.165, 1.54) is 48.9 Å². The van der Waals surface area contributed by atoms with E-state index in [0.717, 1.165) is 25.8 Å². The van der Waals surface area contributed by atoms with E-state index in [0.29, 0.717) is 18.0 Å². The fourth-order valence-corrected chi connectivity index (χ4v) is 6.59. The zero-order valence-electron chi connectivity index (χ0n) is 22.1. The topological polar surface area (TPSA) is 115 Å². The van der Waals surface area contributed by atoms with Gasteiger partial charge in [0.2, 0.25) is 5.91 Å². The van der Waals surface area contributed by atoms with Gasteiger partial charge in [-0.05, 0) is 56.6 Å². The molecule has 10 nitrogen and oxygen atoms in total. The van der Waals surface area contributed by atoms with Gasteiger partial charge in [0.1, 0.15) is 6.54 Å². The summed E-state index contributed by atoms with van der Waals surface area (Å²) in [6, 6.07) is 7.58. The van der Waals surface area contributed by atoms with Crippen molar-refractivity contribution in [3.63, 3.8) is 0 Å². The van der Waals surface area contributed by atoms with Crippen molar-refractivity contribution < 1.29 is 22.7 Å². The molecule has 0 saturated heterocycles. The van der Waals surface area contributed by atoms with Crippen LogP contribution in [0.4, 0.5) is 5.69 Å². The van der Waals surface area contributed by atoms with Crippen LogP contribution in [0.5, 0.6) is 11.5 Å². The Balaban J connectivity index is 1.79. The maximum atomic E-state index is 14.1. The average Bonchev–Trinajstić information content (AvgIpc) is 3.29. The summed E-state index contributed by atoms with van der Waals surface area (Å²) in [5, 5.41) is 0.928. The summed E-state index contributed by atoms with van der Waals surface area (Å²) in [5.41, 5.74) is 2.24. The molecule has 0 spiro atoms. The quantitative estimate of drug-likeness (QED) is 0.263. The zero-order chi connectivity index (χ0) is 28.3. The molecular weight excluding hydrogens is 562 g/mol. The molecule has 0 atom stereocenters. The van der Waals surface area contributed by atoms with Gasteiger partial charge >= 0.3 is 0 Å². The Kier molecular flexibility index (Phi) is 8.57. The standard InChI is InChI=1S/C26H28ClN5O5S2/c1-6-31(14-18-13-28-16(2)12-29-18)26(33)15-32(22-10-20-17(3)30-38-25(20)11-21(22)27)39(34,35)19-7-8-23(36-4)24(9-19)37-5/h7-13H,6,14-15H2,1-5H3. The van der Waals surface area contributed by atoms with Crippen molar-refractivity contribution in [2.45, 2.75) is 32.2 Å². The van der Waals surface area contributed by atoms with E-state index in [4.69, 9.17) is 21.1 Å². The minimum Gasteiger partial charge on any atom is -0.493 e. The van der Waals surface area contributed by atoms with Crippen LogP contribution in [0.1, 0.15) is 24.0 Å². The number of carbonyl (C=O) groups is 1. The van der Waals surface area contributed by atoms with E-state index >= 15 is 0 Å². The van der Waals surface area contributed by atoms with Crippen LogP contribution in [0.25, 0.3) is 10.1 Å². The van der Waals surface area contributed by atoms with E-state index in [1.54, 1.807) is 24.5 Å². The molecule has 0 bridgehead atoms. The molecule has 13 heteroatoms. The molecule has 2 aromatic heterocycles. The number of fused-ring (bicyclic) bond motifs is 1. The molecule has 0 aliphatic carbocycles. The van der Waals surface area contributed by atoms with E-state index in [9.17, 15) is 13.2 Å². The van der Waals surface area contributed by atoms with Gasteiger partial charge in [-0.2, -0.15) is 4.37 Å². The SMILES string of the molecule is CCN(Cc1cnc(C)cn1)C(=O)CN(c1cc2c(C)nsc2cc1Cl)S(=O)(=O)c1ccc(OC)c(OC)c1. The minimum atomic E-state index is -4.29. The van der Waals surface area contributed by atoms with Gasteiger partial charge in [0.15, 0.2) is 11.5 Å². The maximum absolute atomic E-state index is 14.1. The molecule has 1 amide bonds. The van der Waals surface area contributed by atoms with E-state index in [-0.39, 0.29) is 27.9 Å². The van der Waals surface area contributed by atoms with Gasteiger partial charge < -0.3 is 14.4 Å². The second-order valence-corrected chi connectivity index (χ2v) is 11.7. The molecule has 2 aromatic carbocycles. The normalized spacial score (nSPS) is 11.4. The van der Waals surface area contributed by atoms with E-state index in [2.05, 4.69) is 14.3 Å². The molecule has 0 fully saturated rings. The van der Waals surface area contributed by atoms with Crippen LogP contribution in [0.2, 0.25) is 5.02 Å². The second-order valence-electron chi connectivity index (χ2n) is 8.65. The average molecular weight is 590 g/mol. The van der Waals surface area contributed by atoms with Crippen LogP contribution in [-0.2, 0) is 21.4 Å². The Morgan fingerprint density at radius 1 is 1.05 bits per heavy atom. The van der Waals surface area contributed by atoms with Crippen molar-refractivity contribution in [3.8, 4) is 11.5 Å². The number of methoxy groups -OCH3 is 2. The lowest BCUT2D eigenvalue weighted by atomic mass is 10.2. The van der Waals surface area contributed by atoms with Gasteiger partial charge in [-0.15, -0.1) is 0 Å². The molecule has 4 aromatic rings. The number of sulfonamides is 1. The van der Waals surface area contributed by atoms with E-state index < -0.39 is 22.5 Å². The Bertz CT molecular complexity index is 1610. The third-order valence-corrected chi connectivity index (χ3v) is 9.09. The van der Waals surface area contributed by atoms with Gasteiger partial charge in [0, 0.05) is 24.2 Å². The van der Waals surface area contributed by atoms with Crippen molar-refractivity contribution in [2.75, 3.05) is 31.6 Å². The summed E-state index contributed by atoms with van der Waals surface area (Å²) in [4.78, 5) is 23.6. The number of likely N-dealkylation sites (N-methyl/N-ethyl adjacent to an activating group) is 1. The van der Waals surface area contributed by atoms with Crippen LogP contribution in [0.3, 0.4) is 0 Å². The number of halogens is 1. The number of carbonyl (C=O) groups excluding carboxylic acids is 1. The minimum absolute atomic E-state index is 0.0864. The van der Waals surface area contributed by atoms with Gasteiger partial charge in [-0.1, -0.05) is 11.6 Å². The number of aryl methyl sites for hydroxylation is 2. The third-order valence-electron chi connectivity index (χ3n) is 6.13. The van der Waals surface area contributed by atoms with Crippen molar-refractivity contribution in [3.05, 3.63) is 64.8 Å². The number of hydrogen-bond donors (Lipinski definition) is 0. The highest BCUT2D eigenvalue weighted by atomic mass is 35.5. The molecular formula is C26H28ClN5O5S2. The lowest BCUT2D eigenvalue weighted by Gasteiger charge is -2.28. The van der Waals surface area contributed by atoms with Crippen LogP contribution >= 0.6 is 23.1 Å². The number of anilines is 1. The Labute approximate surface area is 236 Å². The number of hydrogen-bond acceptors (Lipinski definition) is 9. The fraction of sp³-hybridized carbons (Fsp3) is 0.308. The number of rotatable bonds is 10. The Hall–Kier alpha value is -3.48. The number of ether oxygens (including phenoxy) is 2. The molecule has 2 heterocycles. The summed E-state index contributed by atoms with van der Waals surface area (Å²) in [5.74, 6) is 0.174. The summed E-state index contributed by atoms with van der Waals surface area (Å²) in [6.07, 6.45) is 3.22. The first-order valence-corrected chi connectivity index (χ1v) is 14.5. The van der Waals surface area contributed by atoms with Crippen molar-refractivity contribution in [2.24, 2.45) is 0 Å². The van der Waals surface area contributed by atoms with Crippen LogP contribution in [0, 0.1) is 13.8 Å². The highest BCUT2D eigenvalue weighted by Crippen LogP contribution is 2.38. The van der Waals surface area contributed by atoms with Gasteiger partial charge in [-0.25, -0.2) is 8.42 Å². The molecule has 0 N–H and O–H groups in total. The first-order valence-electron chi connectivity index (χ1n) is 11.9. The molecule has 0 radical (unpaired) electrons. The largest absolute Gasteiger partial charge is 0.493 e. The Morgan fingerprint density at radius 3 is 2.44 bits per heavy atom. The van der Waals surface area contributed by atoms with Gasteiger partial charge in [-0.3, -0.25) is 19.1 Å². The molecule has 0 aliphatic rings. The maximum Gasteiger partial charge on any atom is 0.264 e. The molecule has 206 valence electrons. The number of amides is 1. The lowest BCUT2D eigenvalue weighted by Crippen LogP contribution is -2.43. The van der Waals surface area contributed by atoms with Gasteiger partial charge in [0.25, 0.3) is 10.0 Å². The zero-order valence-corrected chi connectivity index (χ0v) is 24.5. The predicted molar refractivity (Wildman–Crippen MR) is 151 cm³/mol. The first kappa shape index (κ1) is 28.5. The molecule has 39 heavy (non-hydrogen) atoms. The van der Waals surface area contributed by atoms with Crippen LogP contribution in [-0.4, -0.2) is 60.9 Å². The highest BCUT2D eigenvalue weighted by molar-refractivity contribution is 7.92. The predicted octanol–water partition coefficient (Wildman–Crippen LogP) is 4.62. The second kappa shape index (κ2) is 11.7. The molecule has 0 unspecified atom stereocenters. The summed E-state index contributed by atoms with van der Waals surface area (Å²) >= 11 is 7.90. The van der Waals surface area contributed by atoms with Crippen molar-refractivity contribution >= 4 is 54.8 Å². The number of nitrogens with zero attached hydrogens (tertiary/aromatic N) is 5. The lowest BCUT2D eigenvalue weighted by molar-refractivity contribution is -0.130. The monoisotopic (exact) mass is 589 g/mol. The summed E-state index contributed by atoms with van der Waals surface area (Å²) < 4.78 is 45.0. The van der Waals surface area contributed by atoms with Gasteiger partial charge in [0.05, 0.1) is 64.3 Å². The highest BCUT2D eigenvalue weighted by Gasteiger charge is 2.32.